The van der Waals surface area contributed by atoms with Crippen LogP contribution in [0.5, 0.6) is 0 Å². The second-order valence-electron chi connectivity index (χ2n) is 8.68. The summed E-state index contributed by atoms with van der Waals surface area (Å²) in [7, 11) is 0. The molecule has 158 valence electrons. The van der Waals surface area contributed by atoms with E-state index in [9.17, 15) is 4.79 Å². The molecule has 3 aromatic rings. The topological polar surface area (TPSA) is 112 Å². The molecule has 0 saturated carbocycles. The molecule has 0 aliphatic carbocycles. The number of fused-ring (bicyclic) bond motifs is 1. The fourth-order valence-electron chi connectivity index (χ4n) is 3.63. The van der Waals surface area contributed by atoms with Crippen molar-refractivity contribution in [1.82, 2.24) is 29.5 Å². The molecule has 1 aliphatic rings. The Morgan fingerprint density at radius 1 is 1.13 bits per heavy atom. The van der Waals surface area contributed by atoms with E-state index >= 15 is 0 Å². The normalized spacial score (nSPS) is 15.5. The van der Waals surface area contributed by atoms with Gasteiger partial charge >= 0.3 is 6.09 Å². The molecule has 30 heavy (non-hydrogen) atoms. The third-order valence-electron chi connectivity index (χ3n) is 5.15. The number of nitrogen functional groups attached to an aromatic ring is 1. The number of amides is 1. The van der Waals surface area contributed by atoms with Gasteiger partial charge in [-0.1, -0.05) is 0 Å². The van der Waals surface area contributed by atoms with E-state index in [0.717, 1.165) is 41.9 Å². The number of hydrogen-bond donors (Lipinski definition) is 1. The van der Waals surface area contributed by atoms with Crippen LogP contribution < -0.4 is 5.73 Å². The van der Waals surface area contributed by atoms with Crippen LogP contribution in [0.3, 0.4) is 0 Å². The van der Waals surface area contributed by atoms with Crippen molar-refractivity contribution < 1.29 is 9.53 Å². The number of hydrogen-bond acceptors (Lipinski definition) is 7. The Morgan fingerprint density at radius 3 is 2.50 bits per heavy atom. The van der Waals surface area contributed by atoms with Crippen LogP contribution in [0, 0.1) is 5.92 Å². The van der Waals surface area contributed by atoms with Crippen molar-refractivity contribution in [2.75, 3.05) is 18.8 Å². The maximum atomic E-state index is 12.3. The van der Waals surface area contributed by atoms with Gasteiger partial charge in [0.15, 0.2) is 5.65 Å². The third-order valence-corrected chi connectivity index (χ3v) is 5.15. The van der Waals surface area contributed by atoms with Gasteiger partial charge in [-0.05, 0) is 58.1 Å². The Balaban J connectivity index is 1.43. The average molecular weight is 409 g/mol. The third kappa shape index (κ3) is 4.50. The first kappa shape index (κ1) is 20.1. The molecule has 3 aromatic heterocycles. The monoisotopic (exact) mass is 409 g/mol. The van der Waals surface area contributed by atoms with Gasteiger partial charge in [-0.15, -0.1) is 0 Å². The molecule has 4 heterocycles. The smallest absolute Gasteiger partial charge is 0.410 e. The first-order valence-corrected chi connectivity index (χ1v) is 10.2. The lowest BCUT2D eigenvalue weighted by Gasteiger charge is -2.33. The van der Waals surface area contributed by atoms with Crippen molar-refractivity contribution in [2.45, 2.75) is 45.6 Å². The predicted molar refractivity (Wildman–Crippen MR) is 113 cm³/mol. The standard InChI is InChI=1S/C21H27N7O2/c1-21(2,3)30-20(29)27-8-6-14(7-9-27)10-16-4-5-18-23-13-17(28(18)26-16)15-11-24-19(22)25-12-15/h4-5,11-14H,6-10H2,1-3H3,(H2,22,24,25). The van der Waals surface area contributed by atoms with E-state index in [1.54, 1.807) is 23.5 Å². The van der Waals surface area contributed by atoms with Gasteiger partial charge in [0.25, 0.3) is 0 Å². The number of carbonyl (C=O) groups is 1. The highest BCUT2D eigenvalue weighted by Gasteiger charge is 2.27. The average Bonchev–Trinajstić information content (AvgIpc) is 3.11. The van der Waals surface area contributed by atoms with Gasteiger partial charge in [-0.3, -0.25) is 0 Å². The van der Waals surface area contributed by atoms with Crippen LogP contribution >= 0.6 is 0 Å². The number of anilines is 1. The summed E-state index contributed by atoms with van der Waals surface area (Å²) in [6.07, 6.45) is 7.60. The Labute approximate surface area is 175 Å². The first-order valence-electron chi connectivity index (χ1n) is 10.2. The van der Waals surface area contributed by atoms with Crippen molar-refractivity contribution in [3.8, 4) is 11.3 Å². The summed E-state index contributed by atoms with van der Waals surface area (Å²) in [5, 5.41) is 4.79. The van der Waals surface area contributed by atoms with Crippen molar-refractivity contribution in [3.05, 3.63) is 36.4 Å². The van der Waals surface area contributed by atoms with E-state index in [1.807, 2.05) is 37.4 Å². The van der Waals surface area contributed by atoms with E-state index in [4.69, 9.17) is 15.6 Å². The molecule has 1 amide bonds. The van der Waals surface area contributed by atoms with E-state index in [-0.39, 0.29) is 12.0 Å². The first-order chi connectivity index (χ1) is 14.3. The van der Waals surface area contributed by atoms with E-state index < -0.39 is 5.60 Å². The largest absolute Gasteiger partial charge is 0.444 e. The van der Waals surface area contributed by atoms with Crippen LogP contribution in [0.15, 0.2) is 30.7 Å². The number of piperidine rings is 1. The number of aromatic nitrogens is 5. The molecule has 1 aliphatic heterocycles. The van der Waals surface area contributed by atoms with Crippen LogP contribution in [0.4, 0.5) is 10.7 Å². The Kier molecular flexibility index (Phi) is 5.27. The number of imidazole rings is 1. The summed E-state index contributed by atoms with van der Waals surface area (Å²) in [4.78, 5) is 26.6. The fraction of sp³-hybridized carbons (Fsp3) is 0.476. The molecule has 0 bridgehead atoms. The van der Waals surface area contributed by atoms with Crippen LogP contribution in [0.25, 0.3) is 16.9 Å². The van der Waals surface area contributed by atoms with Crippen LogP contribution in [0.2, 0.25) is 0 Å². The number of likely N-dealkylation sites (tertiary alicyclic amines) is 1. The van der Waals surface area contributed by atoms with Crippen LogP contribution in [0.1, 0.15) is 39.3 Å². The molecular weight excluding hydrogens is 382 g/mol. The van der Waals surface area contributed by atoms with Gasteiger partial charge in [-0.2, -0.15) is 5.10 Å². The fourth-order valence-corrected chi connectivity index (χ4v) is 3.63. The number of rotatable bonds is 3. The molecule has 0 spiro atoms. The second-order valence-corrected chi connectivity index (χ2v) is 8.68. The van der Waals surface area contributed by atoms with E-state index in [0.29, 0.717) is 19.0 Å². The zero-order chi connectivity index (χ0) is 21.3. The highest BCUT2D eigenvalue weighted by atomic mass is 16.6. The molecule has 1 fully saturated rings. The number of carbonyl (C=O) groups excluding carboxylic acids is 1. The van der Waals surface area contributed by atoms with Gasteiger partial charge in [-0.25, -0.2) is 24.3 Å². The maximum Gasteiger partial charge on any atom is 0.410 e. The summed E-state index contributed by atoms with van der Waals surface area (Å²) in [6.45, 7) is 7.09. The summed E-state index contributed by atoms with van der Waals surface area (Å²) in [5.74, 6) is 0.708. The van der Waals surface area contributed by atoms with Crippen LogP contribution in [-0.2, 0) is 11.2 Å². The van der Waals surface area contributed by atoms with Gasteiger partial charge < -0.3 is 15.4 Å². The summed E-state index contributed by atoms with van der Waals surface area (Å²) >= 11 is 0. The van der Waals surface area contributed by atoms with Crippen molar-refractivity contribution in [2.24, 2.45) is 5.92 Å². The number of nitrogens with zero attached hydrogens (tertiary/aromatic N) is 6. The highest BCUT2D eigenvalue weighted by molar-refractivity contribution is 5.68. The molecule has 9 nitrogen and oxygen atoms in total. The van der Waals surface area contributed by atoms with Gasteiger partial charge in [0.2, 0.25) is 5.95 Å². The van der Waals surface area contributed by atoms with Gasteiger partial charge in [0, 0.05) is 31.0 Å². The molecule has 4 rings (SSSR count). The number of nitrogens with two attached hydrogens (primary N) is 1. The zero-order valence-electron chi connectivity index (χ0n) is 17.6. The summed E-state index contributed by atoms with van der Waals surface area (Å²) in [6, 6.07) is 3.99. The summed E-state index contributed by atoms with van der Waals surface area (Å²) in [5.41, 5.74) is 8.52. The second kappa shape index (κ2) is 7.89. The van der Waals surface area contributed by atoms with E-state index in [2.05, 4.69) is 15.0 Å². The van der Waals surface area contributed by atoms with Gasteiger partial charge in [0.1, 0.15) is 5.60 Å². The molecule has 9 heteroatoms. The lowest BCUT2D eigenvalue weighted by atomic mass is 9.92. The summed E-state index contributed by atoms with van der Waals surface area (Å²) < 4.78 is 7.30. The lowest BCUT2D eigenvalue weighted by Crippen LogP contribution is -2.42. The minimum atomic E-state index is -0.467. The molecule has 0 unspecified atom stereocenters. The van der Waals surface area contributed by atoms with Crippen molar-refractivity contribution >= 4 is 17.7 Å². The Hall–Kier alpha value is -3.23. The molecule has 0 aromatic carbocycles. The van der Waals surface area contributed by atoms with Crippen molar-refractivity contribution in [1.29, 1.82) is 0 Å². The van der Waals surface area contributed by atoms with Gasteiger partial charge in [0.05, 0.1) is 17.6 Å². The number of ether oxygens (including phenoxy) is 1. The van der Waals surface area contributed by atoms with E-state index in [1.165, 1.54) is 0 Å². The SMILES string of the molecule is CC(C)(C)OC(=O)N1CCC(Cc2ccc3ncc(-c4cnc(N)nc4)n3n2)CC1. The molecule has 0 atom stereocenters. The molecule has 0 radical (unpaired) electrons. The van der Waals surface area contributed by atoms with Crippen molar-refractivity contribution in [3.63, 3.8) is 0 Å². The minimum absolute atomic E-state index is 0.228. The van der Waals surface area contributed by atoms with Crippen LogP contribution in [-0.4, -0.2) is 54.2 Å². The molecule has 2 N–H and O–H groups in total. The predicted octanol–water partition coefficient (Wildman–Crippen LogP) is 2.96. The lowest BCUT2D eigenvalue weighted by molar-refractivity contribution is 0.0184. The Morgan fingerprint density at radius 2 is 1.83 bits per heavy atom. The zero-order valence-corrected chi connectivity index (χ0v) is 17.6. The maximum absolute atomic E-state index is 12.3. The quantitative estimate of drug-likeness (QED) is 0.708. The minimum Gasteiger partial charge on any atom is -0.444 e. The Bertz CT molecular complexity index is 1030. The molecule has 1 saturated heterocycles. The molecular formula is C21H27N7O2. The highest BCUT2D eigenvalue weighted by Crippen LogP contribution is 2.24.